The normalized spacial score (nSPS) is 10.8. The van der Waals surface area contributed by atoms with E-state index in [0.29, 0.717) is 47.3 Å². The molecule has 32 heavy (non-hydrogen) atoms. The Morgan fingerprint density at radius 3 is 1.88 bits per heavy atom. The molecule has 0 fully saturated rings. The highest BCUT2D eigenvalue weighted by molar-refractivity contribution is 5.89. The smallest absolute Gasteiger partial charge is 0.319 e. The Balaban J connectivity index is 1.76. The van der Waals surface area contributed by atoms with Gasteiger partial charge in [-0.15, -0.1) is 0 Å². The number of anilines is 1. The average Bonchev–Trinajstić information content (AvgIpc) is 2.78. The van der Waals surface area contributed by atoms with Gasteiger partial charge in [-0.25, -0.2) is 4.79 Å². The van der Waals surface area contributed by atoms with Gasteiger partial charge in [0.05, 0.1) is 0 Å². The Kier molecular flexibility index (Phi) is 7.10. The van der Waals surface area contributed by atoms with Crippen LogP contribution in [0.3, 0.4) is 0 Å². The van der Waals surface area contributed by atoms with Gasteiger partial charge in [0.25, 0.3) is 0 Å². The Bertz CT molecular complexity index is 1040. The molecule has 0 bridgehead atoms. The predicted molar refractivity (Wildman–Crippen MR) is 124 cm³/mol. The molecule has 0 aromatic heterocycles. The van der Waals surface area contributed by atoms with Crippen LogP contribution >= 0.6 is 0 Å². The average molecular weight is 437 g/mol. The highest BCUT2D eigenvalue weighted by Crippen LogP contribution is 2.44. The van der Waals surface area contributed by atoms with Crippen molar-refractivity contribution in [2.75, 3.05) is 11.9 Å². The van der Waals surface area contributed by atoms with E-state index in [9.17, 15) is 25.2 Å². The van der Waals surface area contributed by atoms with E-state index in [1.165, 1.54) is 12.1 Å². The number of rotatable bonds is 7. The SMILES string of the molecule is Cc1c(O)ccc(C(CCCNC(=O)Nc2ccccc2)c2ccc(O)c(C)c2O)c1O. The molecule has 3 aromatic rings. The molecule has 0 heterocycles. The van der Waals surface area contributed by atoms with Gasteiger partial charge in [0.15, 0.2) is 0 Å². The molecule has 0 atom stereocenters. The summed E-state index contributed by atoms with van der Waals surface area (Å²) in [6.45, 7) is 3.61. The fourth-order valence-corrected chi connectivity index (χ4v) is 3.67. The quantitative estimate of drug-likeness (QED) is 0.295. The molecule has 168 valence electrons. The fourth-order valence-electron chi connectivity index (χ4n) is 3.67. The Labute approximate surface area is 187 Å². The predicted octanol–water partition coefficient (Wildman–Crippen LogP) is 4.86. The van der Waals surface area contributed by atoms with Crippen LogP contribution in [-0.2, 0) is 0 Å². The molecule has 2 amide bonds. The minimum atomic E-state index is -0.410. The van der Waals surface area contributed by atoms with Gasteiger partial charge in [-0.2, -0.15) is 0 Å². The van der Waals surface area contributed by atoms with Gasteiger partial charge < -0.3 is 31.1 Å². The first-order valence-electron chi connectivity index (χ1n) is 10.4. The van der Waals surface area contributed by atoms with E-state index in [1.54, 1.807) is 38.1 Å². The van der Waals surface area contributed by atoms with E-state index in [2.05, 4.69) is 10.6 Å². The number of aromatic hydroxyl groups is 4. The molecule has 0 aliphatic heterocycles. The second kappa shape index (κ2) is 9.96. The van der Waals surface area contributed by atoms with Crippen LogP contribution in [0.15, 0.2) is 54.6 Å². The van der Waals surface area contributed by atoms with Crippen molar-refractivity contribution in [1.29, 1.82) is 0 Å². The summed E-state index contributed by atoms with van der Waals surface area (Å²) in [5.74, 6) is -0.539. The summed E-state index contributed by atoms with van der Waals surface area (Å²) in [7, 11) is 0. The number of phenols is 4. The number of hydrogen-bond acceptors (Lipinski definition) is 5. The van der Waals surface area contributed by atoms with Crippen molar-refractivity contribution in [3.63, 3.8) is 0 Å². The number of hydrogen-bond donors (Lipinski definition) is 6. The summed E-state index contributed by atoms with van der Waals surface area (Å²) in [6, 6.07) is 15.1. The van der Waals surface area contributed by atoms with Gasteiger partial charge in [-0.3, -0.25) is 0 Å². The summed E-state index contributed by atoms with van der Waals surface area (Å²) in [6.07, 6.45) is 1.06. The number of carbonyl (C=O) groups excluding carboxylic acids is 1. The topological polar surface area (TPSA) is 122 Å². The zero-order valence-electron chi connectivity index (χ0n) is 18.1. The molecule has 7 nitrogen and oxygen atoms in total. The molecule has 0 spiro atoms. The minimum absolute atomic E-state index is 0.0182. The lowest BCUT2D eigenvalue weighted by molar-refractivity contribution is 0.252. The lowest BCUT2D eigenvalue weighted by Crippen LogP contribution is -2.29. The van der Waals surface area contributed by atoms with Crippen LogP contribution in [0.1, 0.15) is 41.0 Å². The van der Waals surface area contributed by atoms with Crippen molar-refractivity contribution >= 4 is 11.7 Å². The number of nitrogens with one attached hydrogen (secondary N) is 2. The van der Waals surface area contributed by atoms with Crippen molar-refractivity contribution in [3.05, 3.63) is 76.9 Å². The summed E-state index contributed by atoms with van der Waals surface area (Å²) in [4.78, 5) is 12.1. The number of amides is 2. The Morgan fingerprint density at radius 1 is 0.812 bits per heavy atom. The first-order valence-corrected chi connectivity index (χ1v) is 10.4. The molecule has 0 radical (unpaired) electrons. The first-order chi connectivity index (χ1) is 15.3. The number of urea groups is 1. The monoisotopic (exact) mass is 436 g/mol. The lowest BCUT2D eigenvalue weighted by atomic mass is 9.84. The van der Waals surface area contributed by atoms with Gasteiger partial charge >= 0.3 is 6.03 Å². The standard InChI is InChI=1S/C25H28N2O5/c1-15-21(28)12-10-19(23(15)30)18(20-11-13-22(29)16(2)24(20)31)9-6-14-26-25(32)27-17-7-4-3-5-8-17/h3-5,7-8,10-13,18,28-31H,6,9,14H2,1-2H3,(H2,26,27,32). The highest BCUT2D eigenvalue weighted by atomic mass is 16.3. The molecule has 0 saturated carbocycles. The van der Waals surface area contributed by atoms with E-state index in [4.69, 9.17) is 0 Å². The number of para-hydroxylation sites is 1. The van der Waals surface area contributed by atoms with Crippen LogP contribution in [0, 0.1) is 13.8 Å². The van der Waals surface area contributed by atoms with Crippen molar-refractivity contribution in [2.24, 2.45) is 0 Å². The third-order valence-corrected chi connectivity index (χ3v) is 5.60. The van der Waals surface area contributed by atoms with Crippen LogP contribution in [0.25, 0.3) is 0 Å². The van der Waals surface area contributed by atoms with Crippen LogP contribution in [-0.4, -0.2) is 33.0 Å². The zero-order valence-corrected chi connectivity index (χ0v) is 18.1. The zero-order chi connectivity index (χ0) is 23.3. The van der Waals surface area contributed by atoms with E-state index < -0.39 is 5.92 Å². The number of benzene rings is 3. The van der Waals surface area contributed by atoms with Crippen molar-refractivity contribution < 1.29 is 25.2 Å². The van der Waals surface area contributed by atoms with Crippen molar-refractivity contribution in [2.45, 2.75) is 32.6 Å². The maximum absolute atomic E-state index is 12.1. The third kappa shape index (κ3) is 5.06. The second-order valence-electron chi connectivity index (χ2n) is 7.74. The molecule has 0 aliphatic carbocycles. The van der Waals surface area contributed by atoms with Crippen LogP contribution in [0.2, 0.25) is 0 Å². The van der Waals surface area contributed by atoms with E-state index in [0.717, 1.165) is 0 Å². The number of carbonyl (C=O) groups is 1. The Morgan fingerprint density at radius 2 is 1.34 bits per heavy atom. The number of phenolic OH excluding ortho intramolecular Hbond substituents is 4. The molecular weight excluding hydrogens is 408 g/mol. The van der Waals surface area contributed by atoms with Gasteiger partial charge in [0, 0.05) is 40.4 Å². The lowest BCUT2D eigenvalue weighted by Gasteiger charge is -2.22. The van der Waals surface area contributed by atoms with E-state index in [1.807, 2.05) is 18.2 Å². The highest BCUT2D eigenvalue weighted by Gasteiger charge is 2.24. The van der Waals surface area contributed by atoms with Crippen LogP contribution in [0.5, 0.6) is 23.0 Å². The summed E-state index contributed by atoms with van der Waals surface area (Å²) < 4.78 is 0. The van der Waals surface area contributed by atoms with E-state index in [-0.39, 0.29) is 29.0 Å². The fraction of sp³-hybridized carbons (Fsp3) is 0.240. The van der Waals surface area contributed by atoms with Crippen molar-refractivity contribution in [3.8, 4) is 23.0 Å². The van der Waals surface area contributed by atoms with Gasteiger partial charge in [-0.1, -0.05) is 30.3 Å². The molecule has 0 saturated heterocycles. The first kappa shape index (κ1) is 22.8. The Hall–Kier alpha value is -3.87. The summed E-state index contributed by atoms with van der Waals surface area (Å²) >= 11 is 0. The molecule has 0 aliphatic rings. The minimum Gasteiger partial charge on any atom is -0.508 e. The maximum Gasteiger partial charge on any atom is 0.319 e. The molecule has 0 unspecified atom stereocenters. The van der Waals surface area contributed by atoms with Crippen molar-refractivity contribution in [1.82, 2.24) is 5.32 Å². The van der Waals surface area contributed by atoms with Gasteiger partial charge in [0.1, 0.15) is 23.0 Å². The molecule has 7 heteroatoms. The van der Waals surface area contributed by atoms with Gasteiger partial charge in [-0.05, 0) is 51.0 Å². The molecular formula is C25H28N2O5. The molecule has 6 N–H and O–H groups in total. The third-order valence-electron chi connectivity index (χ3n) is 5.60. The van der Waals surface area contributed by atoms with Crippen LogP contribution < -0.4 is 10.6 Å². The largest absolute Gasteiger partial charge is 0.508 e. The molecule has 3 rings (SSSR count). The van der Waals surface area contributed by atoms with Crippen LogP contribution in [0.4, 0.5) is 10.5 Å². The summed E-state index contributed by atoms with van der Waals surface area (Å²) in [5, 5.41) is 46.7. The molecule has 3 aromatic carbocycles. The van der Waals surface area contributed by atoms with E-state index >= 15 is 0 Å². The second-order valence-corrected chi connectivity index (χ2v) is 7.74. The summed E-state index contributed by atoms with van der Waals surface area (Å²) in [5.41, 5.74) is 2.49. The maximum atomic E-state index is 12.1. The van der Waals surface area contributed by atoms with Gasteiger partial charge in [0.2, 0.25) is 0 Å².